The van der Waals surface area contributed by atoms with Crippen molar-refractivity contribution >= 4 is 27.5 Å². The monoisotopic (exact) mass is 603 g/mol. The maximum absolute atomic E-state index is 16.8. The zero-order valence-corrected chi connectivity index (χ0v) is 24.7. The van der Waals surface area contributed by atoms with E-state index in [1.54, 1.807) is 0 Å². The quantitative estimate of drug-likeness (QED) is 0.289. The fourth-order valence-corrected chi connectivity index (χ4v) is 7.28. The van der Waals surface area contributed by atoms with Crippen molar-refractivity contribution in [2.45, 2.75) is 63.8 Å². The van der Waals surface area contributed by atoms with E-state index in [1.165, 1.54) is 24.3 Å². The number of aromatic nitrogens is 3. The van der Waals surface area contributed by atoms with Gasteiger partial charge >= 0.3 is 6.01 Å². The number of pyridine rings is 1. The third-order valence-corrected chi connectivity index (χ3v) is 9.13. The lowest BCUT2D eigenvalue weighted by Crippen LogP contribution is -2.44. The molecule has 0 spiro atoms. The Balaban J connectivity index is 1.45. The molecule has 44 heavy (non-hydrogen) atoms. The average Bonchev–Trinajstić information content (AvgIpc) is 3.46. The highest BCUT2D eigenvalue weighted by Gasteiger charge is 2.49. The number of hydrogen-bond donors (Lipinski definition) is 1. The highest BCUT2D eigenvalue weighted by atomic mass is 19.1. The molecule has 4 aromatic rings. The van der Waals surface area contributed by atoms with E-state index in [0.717, 1.165) is 19.4 Å². The minimum Gasteiger partial charge on any atom is -0.508 e. The Kier molecular flexibility index (Phi) is 6.73. The van der Waals surface area contributed by atoms with Crippen molar-refractivity contribution in [3.63, 3.8) is 0 Å². The first-order valence-electron chi connectivity index (χ1n) is 14.9. The number of alkyl halides is 1. The number of anilines is 1. The molecule has 2 aromatic heterocycles. The molecule has 11 heteroatoms. The zero-order chi connectivity index (χ0) is 30.9. The largest absolute Gasteiger partial charge is 0.508 e. The van der Waals surface area contributed by atoms with E-state index in [9.17, 15) is 13.9 Å². The lowest BCUT2D eigenvalue weighted by molar-refractivity contribution is 0.107. The number of phenolic OH excluding ortho intramolecular Hbond substituents is 1. The minimum atomic E-state index is -0.931. The number of benzene rings is 2. The predicted octanol–water partition coefficient (Wildman–Crippen LogP) is 5.76. The first kappa shape index (κ1) is 28.5. The molecule has 1 unspecified atom stereocenters. The number of rotatable bonds is 5. The van der Waals surface area contributed by atoms with Gasteiger partial charge in [-0.3, -0.25) is 4.90 Å². The number of phenols is 1. The fourth-order valence-electron chi connectivity index (χ4n) is 7.28. The number of terminal acetylenes is 1. The lowest BCUT2D eigenvalue weighted by atomic mass is 9.95. The first-order valence-corrected chi connectivity index (χ1v) is 14.9. The molecule has 0 amide bonds. The molecular formula is C33H32F3N5O3. The van der Waals surface area contributed by atoms with Gasteiger partial charge in [-0.05, 0) is 63.7 Å². The third-order valence-electron chi connectivity index (χ3n) is 9.13. The van der Waals surface area contributed by atoms with Crippen molar-refractivity contribution in [2.75, 3.05) is 31.2 Å². The summed E-state index contributed by atoms with van der Waals surface area (Å²) in [6.45, 7) is 7.52. The number of halogens is 3. The summed E-state index contributed by atoms with van der Waals surface area (Å²) < 4.78 is 58.5. The number of ether oxygens (including phenoxy) is 2. The van der Waals surface area contributed by atoms with Crippen LogP contribution in [0, 0.1) is 24.0 Å². The van der Waals surface area contributed by atoms with E-state index in [-0.39, 0.29) is 76.0 Å². The molecule has 0 bridgehead atoms. The minimum absolute atomic E-state index is 0.0459. The van der Waals surface area contributed by atoms with Crippen LogP contribution in [-0.2, 0) is 0 Å². The van der Waals surface area contributed by atoms with Crippen molar-refractivity contribution in [2.24, 2.45) is 0 Å². The molecule has 0 aliphatic carbocycles. The van der Waals surface area contributed by atoms with Gasteiger partial charge in [-0.15, -0.1) is 6.42 Å². The summed E-state index contributed by atoms with van der Waals surface area (Å²) in [6, 6.07) is 5.13. The summed E-state index contributed by atoms with van der Waals surface area (Å²) in [5.41, 5.74) is -0.763. The van der Waals surface area contributed by atoms with Crippen LogP contribution in [0.3, 0.4) is 0 Å². The van der Waals surface area contributed by atoms with E-state index in [1.807, 2.05) is 25.7 Å². The summed E-state index contributed by atoms with van der Waals surface area (Å²) in [4.78, 5) is 18.0. The van der Waals surface area contributed by atoms with Crippen LogP contribution >= 0.6 is 0 Å². The van der Waals surface area contributed by atoms with Crippen LogP contribution in [0.4, 0.5) is 19.0 Å². The molecule has 2 fully saturated rings. The second-order valence-corrected chi connectivity index (χ2v) is 12.3. The van der Waals surface area contributed by atoms with Crippen molar-refractivity contribution in [3.05, 3.63) is 41.5 Å². The summed E-state index contributed by atoms with van der Waals surface area (Å²) >= 11 is 0. The molecule has 8 nitrogen and oxygen atoms in total. The van der Waals surface area contributed by atoms with Gasteiger partial charge in [0.25, 0.3) is 0 Å². The van der Waals surface area contributed by atoms with Crippen LogP contribution in [0.25, 0.3) is 32.9 Å². The van der Waals surface area contributed by atoms with Gasteiger partial charge in [-0.25, -0.2) is 18.2 Å². The molecule has 3 aliphatic rings. The number of fused-ring (bicyclic) bond motifs is 2. The smallest absolute Gasteiger partial charge is 0.319 e. The SMILES string of the molecule is C#Cc1c(F)ccc2cc(O)cc(-c3nc4c5c(nc(OCC67CCCN6C[C@H](F)C7)nc5c3F)N(C(C)C)[C@@H](C)CO4)c12. The summed E-state index contributed by atoms with van der Waals surface area (Å²) in [5, 5.41) is 11.5. The third kappa shape index (κ3) is 4.38. The zero-order valence-electron chi connectivity index (χ0n) is 24.7. The van der Waals surface area contributed by atoms with Crippen LogP contribution in [0.5, 0.6) is 17.6 Å². The molecule has 1 N–H and O–H groups in total. The Hall–Kier alpha value is -4.30. The van der Waals surface area contributed by atoms with Crippen LogP contribution in [0.2, 0.25) is 0 Å². The van der Waals surface area contributed by atoms with Crippen molar-refractivity contribution in [3.8, 4) is 41.2 Å². The van der Waals surface area contributed by atoms with Gasteiger partial charge in [0.2, 0.25) is 5.88 Å². The Morgan fingerprint density at radius 1 is 1.20 bits per heavy atom. The summed E-state index contributed by atoms with van der Waals surface area (Å²) in [6.07, 6.45) is 6.85. The van der Waals surface area contributed by atoms with E-state index >= 15 is 4.39 Å². The summed E-state index contributed by atoms with van der Waals surface area (Å²) in [7, 11) is 0. The Morgan fingerprint density at radius 2 is 2.02 bits per heavy atom. The molecule has 228 valence electrons. The molecule has 7 rings (SSSR count). The van der Waals surface area contributed by atoms with Gasteiger partial charge in [0.1, 0.15) is 53.4 Å². The second kappa shape index (κ2) is 10.4. The molecular weight excluding hydrogens is 571 g/mol. The topological polar surface area (TPSA) is 83.8 Å². The lowest BCUT2D eigenvalue weighted by Gasteiger charge is -2.33. The number of aromatic hydroxyl groups is 1. The Morgan fingerprint density at radius 3 is 2.80 bits per heavy atom. The van der Waals surface area contributed by atoms with Crippen LogP contribution in [-0.4, -0.2) is 75.1 Å². The van der Waals surface area contributed by atoms with Crippen LogP contribution in [0.1, 0.15) is 45.6 Å². The molecule has 2 aromatic carbocycles. The van der Waals surface area contributed by atoms with Gasteiger partial charge in [0.15, 0.2) is 5.82 Å². The average molecular weight is 604 g/mol. The Bertz CT molecular complexity index is 1860. The molecule has 3 atom stereocenters. The van der Waals surface area contributed by atoms with Crippen molar-refractivity contribution < 1.29 is 27.8 Å². The maximum Gasteiger partial charge on any atom is 0.319 e. The van der Waals surface area contributed by atoms with Crippen LogP contribution < -0.4 is 14.4 Å². The predicted molar refractivity (Wildman–Crippen MR) is 161 cm³/mol. The maximum atomic E-state index is 16.8. The van der Waals surface area contributed by atoms with Crippen LogP contribution in [0.15, 0.2) is 24.3 Å². The number of nitrogens with zero attached hydrogens (tertiary/aromatic N) is 5. The molecule has 2 saturated heterocycles. The number of hydrogen-bond acceptors (Lipinski definition) is 8. The highest BCUT2D eigenvalue weighted by molar-refractivity contribution is 6.04. The first-order chi connectivity index (χ1) is 21.1. The highest BCUT2D eigenvalue weighted by Crippen LogP contribution is 2.44. The van der Waals surface area contributed by atoms with E-state index in [2.05, 4.69) is 20.8 Å². The van der Waals surface area contributed by atoms with Gasteiger partial charge in [-0.1, -0.05) is 12.0 Å². The molecule has 0 radical (unpaired) electrons. The molecule has 3 aliphatic heterocycles. The van der Waals surface area contributed by atoms with Gasteiger partial charge in [-0.2, -0.15) is 9.97 Å². The molecule has 5 heterocycles. The van der Waals surface area contributed by atoms with Crippen molar-refractivity contribution in [1.82, 2.24) is 19.9 Å². The second-order valence-electron chi connectivity index (χ2n) is 12.3. The standard InChI is InChI=1S/C33H32F3N5O3/c1-5-22-24(35)8-7-19-11-21(42)12-23(25(19)22)28-27(36)29-26-30(41(17(2)3)18(4)15-43-31(26)37-28)39-32(38-29)44-16-33-9-6-10-40(33)14-20(34)13-33/h1,7-8,11-12,17-18,20,42H,6,9-10,13-16H2,2-4H3/t18-,20+,33?/m0/s1. The van der Waals surface area contributed by atoms with Crippen molar-refractivity contribution in [1.29, 1.82) is 0 Å². The van der Waals surface area contributed by atoms with Gasteiger partial charge < -0.3 is 19.5 Å². The van der Waals surface area contributed by atoms with E-state index < -0.39 is 23.3 Å². The molecule has 0 saturated carbocycles. The normalized spacial score (nSPS) is 23.2. The fraction of sp³-hybridized carbons (Fsp3) is 0.424. The van der Waals surface area contributed by atoms with E-state index in [0.29, 0.717) is 24.2 Å². The Labute approximate surface area is 252 Å². The van der Waals surface area contributed by atoms with Gasteiger partial charge in [0.05, 0.1) is 17.1 Å². The van der Waals surface area contributed by atoms with Gasteiger partial charge in [0, 0.05) is 30.0 Å². The van der Waals surface area contributed by atoms with E-state index in [4.69, 9.17) is 20.9 Å². The summed E-state index contributed by atoms with van der Waals surface area (Å²) in [5.74, 6) is 1.20.